The molecule has 1 aliphatic rings. The van der Waals surface area contributed by atoms with Gasteiger partial charge in [-0.3, -0.25) is 9.59 Å². The van der Waals surface area contributed by atoms with Gasteiger partial charge in [0.25, 0.3) is 0 Å². The summed E-state index contributed by atoms with van der Waals surface area (Å²) in [6.07, 6.45) is -5.05. The molecule has 0 spiro atoms. The number of ether oxygens (including phenoxy) is 2. The molecule has 1 saturated carbocycles. The molecule has 1 fully saturated rings. The number of Topliss-reactive ketones (excluding diaryl/α,β-unsaturated/α-hetero) is 1. The number of rotatable bonds is 5. The molecule has 0 heterocycles. The van der Waals surface area contributed by atoms with Gasteiger partial charge in [0.1, 0.15) is 6.04 Å². The molecule has 11 heteroatoms. The van der Waals surface area contributed by atoms with Gasteiger partial charge in [-0.05, 0) is 19.8 Å². The molecule has 0 aliphatic heterocycles. The number of carbonyl (C=O) groups excluding carboxylic acids is 4. The summed E-state index contributed by atoms with van der Waals surface area (Å²) in [6.45, 7) is 2.18. The van der Waals surface area contributed by atoms with E-state index in [1.54, 1.807) is 0 Å². The Morgan fingerprint density at radius 1 is 1.19 bits per heavy atom. The second-order valence-corrected chi connectivity index (χ2v) is 5.92. The van der Waals surface area contributed by atoms with Crippen LogP contribution in [0, 0.1) is 0 Å². The lowest BCUT2D eigenvalue weighted by Gasteiger charge is -2.30. The normalized spacial score (nSPS) is 19.9. The fraction of sp³-hybridized carbons (Fsp3) is 0.733. The van der Waals surface area contributed by atoms with Crippen LogP contribution in [0.2, 0.25) is 0 Å². The zero-order valence-electron chi connectivity index (χ0n) is 14.6. The number of hydrogen-bond acceptors (Lipinski definition) is 6. The van der Waals surface area contributed by atoms with Gasteiger partial charge in [-0.15, -0.1) is 0 Å². The van der Waals surface area contributed by atoms with Crippen LogP contribution in [-0.2, 0) is 23.9 Å². The van der Waals surface area contributed by atoms with E-state index in [0.717, 1.165) is 24.7 Å². The van der Waals surface area contributed by atoms with Crippen molar-refractivity contribution < 1.29 is 41.8 Å². The number of nitrogens with zero attached hydrogens (tertiary/aromatic N) is 1. The van der Waals surface area contributed by atoms with Crippen LogP contribution in [0.4, 0.5) is 18.0 Å². The first-order chi connectivity index (χ1) is 11.9. The highest BCUT2D eigenvalue weighted by Gasteiger charge is 2.40. The minimum Gasteiger partial charge on any atom is -0.424 e. The second kappa shape index (κ2) is 8.86. The fourth-order valence-corrected chi connectivity index (χ4v) is 2.35. The highest BCUT2D eigenvalue weighted by atomic mass is 19.4. The number of hydrogen-bond donors (Lipinski definition) is 1. The smallest absolute Gasteiger partial charge is 0.424 e. The molecule has 0 aromatic rings. The van der Waals surface area contributed by atoms with Crippen molar-refractivity contribution >= 4 is 23.8 Å². The third-order valence-corrected chi connectivity index (χ3v) is 3.79. The molecular formula is C15H21F3N2O6. The SMILES string of the molecule is CC(OC(=O)[C@H](C)NC(=O)C(F)(F)F)OC(=O)N(C)[C@@H]1CCCCC1=O. The third kappa shape index (κ3) is 6.19. The van der Waals surface area contributed by atoms with E-state index in [9.17, 15) is 32.3 Å². The van der Waals surface area contributed by atoms with E-state index < -0.39 is 42.5 Å². The van der Waals surface area contributed by atoms with Gasteiger partial charge >= 0.3 is 24.1 Å². The zero-order valence-corrected chi connectivity index (χ0v) is 14.6. The van der Waals surface area contributed by atoms with E-state index >= 15 is 0 Å². The van der Waals surface area contributed by atoms with E-state index in [0.29, 0.717) is 12.8 Å². The number of amides is 2. The van der Waals surface area contributed by atoms with Crippen LogP contribution in [-0.4, -0.2) is 60.3 Å². The number of alkyl halides is 3. The monoisotopic (exact) mass is 382 g/mol. The van der Waals surface area contributed by atoms with Crippen LogP contribution in [0.5, 0.6) is 0 Å². The number of likely N-dealkylation sites (N-methyl/N-ethyl adjacent to an activating group) is 1. The van der Waals surface area contributed by atoms with Gasteiger partial charge in [-0.2, -0.15) is 13.2 Å². The number of halogens is 3. The quantitative estimate of drug-likeness (QED) is 0.571. The Hall–Kier alpha value is -2.33. The van der Waals surface area contributed by atoms with Gasteiger partial charge in [0.15, 0.2) is 5.78 Å². The molecular weight excluding hydrogens is 361 g/mol. The maximum Gasteiger partial charge on any atom is 0.471 e. The Morgan fingerprint density at radius 3 is 2.35 bits per heavy atom. The minimum absolute atomic E-state index is 0.0937. The van der Waals surface area contributed by atoms with Gasteiger partial charge in [0.05, 0.1) is 6.04 Å². The number of esters is 1. The summed E-state index contributed by atoms with van der Waals surface area (Å²) in [5.41, 5.74) is 0. The van der Waals surface area contributed by atoms with Gasteiger partial charge in [-0.25, -0.2) is 9.59 Å². The van der Waals surface area contributed by atoms with Crippen molar-refractivity contribution in [1.29, 1.82) is 0 Å². The molecule has 3 atom stereocenters. The molecule has 1 rings (SSSR count). The van der Waals surface area contributed by atoms with Gasteiger partial charge < -0.3 is 19.7 Å². The summed E-state index contributed by atoms with van der Waals surface area (Å²) in [5.74, 6) is -3.59. The average Bonchev–Trinajstić information content (AvgIpc) is 2.53. The second-order valence-electron chi connectivity index (χ2n) is 5.92. The molecule has 0 bridgehead atoms. The number of nitrogens with one attached hydrogen (secondary N) is 1. The molecule has 0 saturated heterocycles. The molecule has 2 amide bonds. The van der Waals surface area contributed by atoms with Gasteiger partial charge in [-0.1, -0.05) is 6.42 Å². The van der Waals surface area contributed by atoms with Crippen molar-refractivity contribution in [3.05, 3.63) is 0 Å². The predicted molar refractivity (Wildman–Crippen MR) is 80.7 cm³/mol. The van der Waals surface area contributed by atoms with Crippen molar-refractivity contribution in [2.75, 3.05) is 7.05 Å². The first-order valence-electron chi connectivity index (χ1n) is 7.97. The first-order valence-corrected chi connectivity index (χ1v) is 7.97. The lowest BCUT2D eigenvalue weighted by molar-refractivity contribution is -0.179. The van der Waals surface area contributed by atoms with Crippen LogP contribution < -0.4 is 5.32 Å². The Kier molecular flexibility index (Phi) is 7.40. The summed E-state index contributed by atoms with van der Waals surface area (Å²) in [7, 11) is 1.37. The largest absolute Gasteiger partial charge is 0.471 e. The fourth-order valence-electron chi connectivity index (χ4n) is 2.35. The Morgan fingerprint density at radius 2 is 1.81 bits per heavy atom. The van der Waals surface area contributed by atoms with Crippen molar-refractivity contribution in [2.45, 2.75) is 64.1 Å². The molecule has 0 aromatic heterocycles. The van der Waals surface area contributed by atoms with E-state index in [2.05, 4.69) is 4.74 Å². The maximum atomic E-state index is 12.1. The average molecular weight is 382 g/mol. The lowest BCUT2D eigenvalue weighted by atomic mass is 9.93. The molecule has 148 valence electrons. The minimum atomic E-state index is -5.14. The predicted octanol–water partition coefficient (Wildman–Crippen LogP) is 1.52. The molecule has 1 unspecified atom stereocenters. The van der Waals surface area contributed by atoms with E-state index in [-0.39, 0.29) is 5.78 Å². The lowest BCUT2D eigenvalue weighted by Crippen LogP contribution is -2.47. The number of ketones is 1. The van der Waals surface area contributed by atoms with Crippen LogP contribution in [0.15, 0.2) is 0 Å². The maximum absolute atomic E-state index is 12.1. The highest BCUT2D eigenvalue weighted by molar-refractivity contribution is 5.88. The topological polar surface area (TPSA) is 102 Å². The summed E-state index contributed by atoms with van der Waals surface area (Å²) in [5, 5.41) is 1.42. The van der Waals surface area contributed by atoms with Crippen LogP contribution in [0.25, 0.3) is 0 Å². The molecule has 0 aromatic carbocycles. The molecule has 26 heavy (non-hydrogen) atoms. The van der Waals surface area contributed by atoms with Crippen molar-refractivity contribution in [3.8, 4) is 0 Å². The van der Waals surface area contributed by atoms with Crippen molar-refractivity contribution in [1.82, 2.24) is 10.2 Å². The highest BCUT2D eigenvalue weighted by Crippen LogP contribution is 2.20. The first kappa shape index (κ1) is 21.7. The summed E-state index contributed by atoms with van der Waals surface area (Å²) < 4.78 is 46.0. The van der Waals surface area contributed by atoms with Crippen LogP contribution in [0.1, 0.15) is 39.5 Å². The summed E-state index contributed by atoms with van der Waals surface area (Å²) in [6, 6.07) is -2.22. The van der Waals surface area contributed by atoms with Gasteiger partial charge in [0, 0.05) is 20.4 Å². The van der Waals surface area contributed by atoms with E-state index in [4.69, 9.17) is 4.74 Å². The Labute approximate surface area is 148 Å². The van der Waals surface area contributed by atoms with Crippen LogP contribution >= 0.6 is 0 Å². The van der Waals surface area contributed by atoms with Crippen LogP contribution in [0.3, 0.4) is 0 Å². The van der Waals surface area contributed by atoms with Crippen molar-refractivity contribution in [3.63, 3.8) is 0 Å². The van der Waals surface area contributed by atoms with Crippen molar-refractivity contribution in [2.24, 2.45) is 0 Å². The Bertz CT molecular complexity index is 566. The Balaban J connectivity index is 2.50. The standard InChI is InChI=1S/C15H21F3N2O6/c1-8(19-13(23)15(16,17)18)12(22)25-9(2)26-14(24)20(3)10-6-4-5-7-11(10)21/h8-10H,4-7H2,1-3H3,(H,19,23)/t8-,9?,10+/m0/s1. The molecule has 1 aliphatic carbocycles. The molecule has 1 N–H and O–H groups in total. The molecule has 0 radical (unpaired) electrons. The van der Waals surface area contributed by atoms with E-state index in [1.807, 2.05) is 0 Å². The van der Waals surface area contributed by atoms with E-state index in [1.165, 1.54) is 19.3 Å². The summed E-state index contributed by atoms with van der Waals surface area (Å²) >= 11 is 0. The zero-order chi connectivity index (χ0) is 20.1. The third-order valence-electron chi connectivity index (χ3n) is 3.79. The number of carbonyl (C=O) groups is 4. The van der Waals surface area contributed by atoms with Gasteiger partial charge in [0.2, 0.25) is 6.29 Å². The summed E-state index contributed by atoms with van der Waals surface area (Å²) in [4.78, 5) is 47.3. The molecule has 8 nitrogen and oxygen atoms in total.